The van der Waals surface area contributed by atoms with E-state index in [1.165, 1.54) is 49.5 Å². The van der Waals surface area contributed by atoms with Gasteiger partial charge in [-0.15, -0.1) is 0 Å². The van der Waals surface area contributed by atoms with Gasteiger partial charge in [-0.2, -0.15) is 0 Å². The van der Waals surface area contributed by atoms with Crippen LogP contribution in [-0.4, -0.2) is 25.2 Å². The van der Waals surface area contributed by atoms with Crippen LogP contribution >= 0.6 is 11.6 Å². The number of rotatable bonds is 8. The smallest absolute Gasteiger partial charge is 0.329 e. The first-order valence-electron chi connectivity index (χ1n) is 11.7. The zero-order chi connectivity index (χ0) is 29.0. The van der Waals surface area contributed by atoms with Crippen molar-refractivity contribution in [1.82, 2.24) is 15.0 Å². The highest BCUT2D eigenvalue weighted by Crippen LogP contribution is 2.30. The minimum Gasteiger partial charge on any atom is -0.329 e. The number of aromatic nitrogens is 1. The highest BCUT2D eigenvalue weighted by atomic mass is 35.5. The van der Waals surface area contributed by atoms with Crippen LogP contribution in [0.4, 0.5) is 18.0 Å². The molecule has 0 spiro atoms. The van der Waals surface area contributed by atoms with E-state index < -0.39 is 45.3 Å². The van der Waals surface area contributed by atoms with Crippen molar-refractivity contribution < 1.29 is 31.2 Å². The van der Waals surface area contributed by atoms with Gasteiger partial charge in [-0.25, -0.2) is 31.1 Å². The summed E-state index contributed by atoms with van der Waals surface area (Å²) in [5.41, 5.74) is 0.861. The van der Waals surface area contributed by atoms with Crippen molar-refractivity contribution >= 4 is 33.4 Å². The molecule has 40 heavy (non-hydrogen) atoms. The van der Waals surface area contributed by atoms with Crippen molar-refractivity contribution in [3.05, 3.63) is 118 Å². The number of halogens is 4. The Kier molecular flexibility index (Phi) is 8.55. The van der Waals surface area contributed by atoms with Crippen LogP contribution in [0.3, 0.4) is 0 Å². The molecule has 0 radical (unpaired) electrons. The maximum Gasteiger partial charge on any atom is 0.329 e. The number of nitrogens with zero attached hydrogens (tertiary/aromatic N) is 1. The second-order valence-corrected chi connectivity index (χ2v) is 10.8. The van der Waals surface area contributed by atoms with E-state index in [2.05, 4.69) is 10.3 Å². The molecule has 1 heterocycles. The molecule has 3 aromatic carbocycles. The van der Waals surface area contributed by atoms with Gasteiger partial charge in [0.25, 0.3) is 10.0 Å². The molecule has 4 rings (SSSR count). The van der Waals surface area contributed by atoms with Crippen molar-refractivity contribution in [3.63, 3.8) is 0 Å². The summed E-state index contributed by atoms with van der Waals surface area (Å²) in [6.07, 6.45) is 1.19. The molecule has 0 bridgehead atoms. The van der Waals surface area contributed by atoms with Crippen LogP contribution in [0.1, 0.15) is 34.6 Å². The summed E-state index contributed by atoms with van der Waals surface area (Å²) in [5, 5.41) is 2.39. The predicted octanol–water partition coefficient (Wildman–Crippen LogP) is 5.99. The Hall–Kier alpha value is -4.22. The summed E-state index contributed by atoms with van der Waals surface area (Å²) in [6.45, 7) is 1.21. The Morgan fingerprint density at radius 1 is 0.950 bits per heavy atom. The van der Waals surface area contributed by atoms with Gasteiger partial charge in [-0.3, -0.25) is 9.78 Å². The van der Waals surface area contributed by atoms with Crippen molar-refractivity contribution in [2.75, 3.05) is 0 Å². The number of sulfonamides is 1. The summed E-state index contributed by atoms with van der Waals surface area (Å²) in [7, 11) is -4.40. The number of carbonyl (C=O) groups excluding carboxylic acids is 2. The average molecular weight is 588 g/mol. The van der Waals surface area contributed by atoms with Gasteiger partial charge in [-0.05, 0) is 66.9 Å². The summed E-state index contributed by atoms with van der Waals surface area (Å²) in [6, 6.07) is 13.0. The lowest BCUT2D eigenvalue weighted by Gasteiger charge is -2.22. The SMILES string of the molecule is CC(=O)c1cc(-c2cccnc2[C@H](Cc2cc(F)cc(F)c2)NC(=O)NS(=O)(=O)c2ccccc2Cl)ccc1F. The van der Waals surface area contributed by atoms with Crippen molar-refractivity contribution in [2.45, 2.75) is 24.3 Å². The molecule has 0 fully saturated rings. The molecule has 0 unspecified atom stereocenters. The van der Waals surface area contributed by atoms with Crippen LogP contribution in [0.25, 0.3) is 11.1 Å². The zero-order valence-corrected chi connectivity index (χ0v) is 22.4. The van der Waals surface area contributed by atoms with E-state index in [0.29, 0.717) is 17.2 Å². The molecular weight excluding hydrogens is 567 g/mol. The van der Waals surface area contributed by atoms with E-state index in [9.17, 15) is 31.2 Å². The number of Topliss-reactive ketones (excluding diaryl/α,β-unsaturated/α-hetero) is 1. The third-order valence-electron chi connectivity index (χ3n) is 5.85. The minimum absolute atomic E-state index is 0.112. The lowest BCUT2D eigenvalue weighted by molar-refractivity contribution is 0.101. The third kappa shape index (κ3) is 6.67. The number of nitrogens with one attached hydrogen (secondary N) is 2. The standard InChI is InChI=1S/C28H21ClF3N3O4S/c1-16(36)22-14-18(8-9-24(22)32)21-5-4-10-33-27(21)25(13-17-11-19(30)15-20(31)12-17)34-28(37)35-40(38,39)26-7-3-2-6-23(26)29/h2-12,14-15,25H,13H2,1H3,(H2,34,35,37)/t25-/m0/s1. The van der Waals surface area contributed by atoms with Crippen LogP contribution in [0.2, 0.25) is 5.02 Å². The molecule has 0 saturated carbocycles. The van der Waals surface area contributed by atoms with Gasteiger partial charge in [-0.1, -0.05) is 35.9 Å². The van der Waals surface area contributed by atoms with Crippen LogP contribution in [0.15, 0.2) is 83.9 Å². The second kappa shape index (κ2) is 11.9. The molecule has 1 aromatic heterocycles. The fraction of sp³-hybridized carbons (Fsp3) is 0.107. The maximum absolute atomic E-state index is 14.2. The molecule has 0 aliphatic carbocycles. The van der Waals surface area contributed by atoms with Crippen LogP contribution in [-0.2, 0) is 16.4 Å². The molecule has 206 valence electrons. The number of carbonyl (C=O) groups is 2. The Morgan fingerprint density at radius 2 is 1.65 bits per heavy atom. The molecular formula is C28H21ClF3N3O4S. The summed E-state index contributed by atoms with van der Waals surface area (Å²) in [4.78, 5) is 28.9. The largest absolute Gasteiger partial charge is 0.329 e. The molecule has 0 aliphatic heterocycles. The summed E-state index contributed by atoms with van der Waals surface area (Å²) >= 11 is 5.98. The molecule has 1 atom stereocenters. The van der Waals surface area contributed by atoms with Crippen LogP contribution < -0.4 is 10.0 Å². The summed E-state index contributed by atoms with van der Waals surface area (Å²) in [5.74, 6) is -2.95. The maximum atomic E-state index is 14.2. The highest BCUT2D eigenvalue weighted by Gasteiger charge is 2.26. The number of hydrogen-bond donors (Lipinski definition) is 2. The van der Waals surface area contributed by atoms with Gasteiger partial charge < -0.3 is 5.32 Å². The minimum atomic E-state index is -4.40. The van der Waals surface area contributed by atoms with Gasteiger partial charge in [0, 0.05) is 17.8 Å². The number of hydrogen-bond acceptors (Lipinski definition) is 5. The molecule has 0 saturated heterocycles. The number of ketones is 1. The Labute approximate surface area is 233 Å². The third-order valence-corrected chi connectivity index (χ3v) is 7.68. The van der Waals surface area contributed by atoms with Gasteiger partial charge >= 0.3 is 6.03 Å². The fourth-order valence-corrected chi connectivity index (χ4v) is 5.55. The Balaban J connectivity index is 1.75. The topological polar surface area (TPSA) is 105 Å². The first-order chi connectivity index (χ1) is 18.9. The van der Waals surface area contributed by atoms with Crippen LogP contribution in [0.5, 0.6) is 0 Å². The predicted molar refractivity (Wildman–Crippen MR) is 143 cm³/mol. The molecule has 2 N–H and O–H groups in total. The van der Waals surface area contributed by atoms with Crippen molar-refractivity contribution in [3.8, 4) is 11.1 Å². The molecule has 4 aromatic rings. The molecule has 7 nitrogen and oxygen atoms in total. The monoisotopic (exact) mass is 587 g/mol. The zero-order valence-electron chi connectivity index (χ0n) is 20.8. The lowest BCUT2D eigenvalue weighted by Crippen LogP contribution is -2.42. The van der Waals surface area contributed by atoms with E-state index in [-0.39, 0.29) is 33.2 Å². The van der Waals surface area contributed by atoms with Crippen molar-refractivity contribution in [1.29, 1.82) is 0 Å². The van der Waals surface area contributed by atoms with Crippen LogP contribution in [0, 0.1) is 17.5 Å². The fourth-order valence-electron chi connectivity index (χ4n) is 4.11. The van der Waals surface area contributed by atoms with E-state index >= 15 is 0 Å². The molecule has 12 heteroatoms. The van der Waals surface area contributed by atoms with Gasteiger partial charge in [0.2, 0.25) is 0 Å². The van der Waals surface area contributed by atoms with E-state index in [1.54, 1.807) is 12.1 Å². The second-order valence-electron chi connectivity index (χ2n) is 8.73. The normalized spacial score (nSPS) is 12.0. The number of urea groups is 1. The van der Waals surface area contributed by atoms with E-state index in [1.807, 2.05) is 4.72 Å². The quantitative estimate of drug-likeness (QED) is 0.246. The summed E-state index contributed by atoms with van der Waals surface area (Å²) < 4.78 is 69.7. The highest BCUT2D eigenvalue weighted by molar-refractivity contribution is 7.90. The van der Waals surface area contributed by atoms with Gasteiger partial charge in [0.1, 0.15) is 22.3 Å². The van der Waals surface area contributed by atoms with Gasteiger partial charge in [0.15, 0.2) is 5.78 Å². The first-order valence-corrected chi connectivity index (χ1v) is 13.6. The average Bonchev–Trinajstić information content (AvgIpc) is 2.87. The van der Waals surface area contributed by atoms with Gasteiger partial charge in [0.05, 0.1) is 22.3 Å². The first kappa shape index (κ1) is 28.8. The number of benzene rings is 3. The number of amides is 2. The molecule has 0 aliphatic rings. The Bertz CT molecular complexity index is 1700. The van der Waals surface area contributed by atoms with E-state index in [4.69, 9.17) is 11.6 Å². The molecule has 2 amide bonds. The lowest BCUT2D eigenvalue weighted by atomic mass is 9.94. The van der Waals surface area contributed by atoms with E-state index in [0.717, 1.165) is 18.2 Å². The Morgan fingerprint density at radius 3 is 2.33 bits per heavy atom. The number of pyridine rings is 1. The van der Waals surface area contributed by atoms with Crippen molar-refractivity contribution in [2.24, 2.45) is 0 Å².